The molecular weight excluding hydrogens is 442 g/mol. The normalized spacial score (nSPS) is 10.4. The maximum absolute atomic E-state index is 13.1. The highest BCUT2D eigenvalue weighted by Crippen LogP contribution is 2.15. The zero-order valence-electron chi connectivity index (χ0n) is 17.3. The largest absolute Gasteiger partial charge is 0.485 e. The van der Waals surface area contributed by atoms with Crippen molar-refractivity contribution >= 4 is 23.5 Å². The van der Waals surface area contributed by atoms with Crippen LogP contribution in [0.5, 0.6) is 5.75 Å². The number of nitrogens with one attached hydrogen (secondary N) is 2. The first-order chi connectivity index (χ1) is 15.8. The summed E-state index contributed by atoms with van der Waals surface area (Å²) in [6, 6.07) is 8.80. The van der Waals surface area contributed by atoms with E-state index in [1.807, 2.05) is 0 Å². The van der Waals surface area contributed by atoms with E-state index in [4.69, 9.17) is 14.0 Å². The zero-order valence-corrected chi connectivity index (χ0v) is 17.3. The van der Waals surface area contributed by atoms with Gasteiger partial charge >= 0.3 is 5.97 Å². The van der Waals surface area contributed by atoms with Crippen LogP contribution >= 0.6 is 0 Å². The molecule has 0 radical (unpaired) electrons. The van der Waals surface area contributed by atoms with E-state index in [0.717, 1.165) is 12.1 Å². The summed E-state index contributed by atoms with van der Waals surface area (Å²) in [5.41, 5.74) is 0.209. The summed E-state index contributed by atoms with van der Waals surface area (Å²) in [5, 5.41) is 8.23. The molecule has 0 unspecified atom stereocenters. The molecule has 172 valence electrons. The molecule has 2 amide bonds. The summed E-state index contributed by atoms with van der Waals surface area (Å²) in [4.78, 5) is 39.6. The molecule has 12 heteroatoms. The number of amides is 2. The highest BCUT2D eigenvalue weighted by Gasteiger charge is 2.12. The van der Waals surface area contributed by atoms with Gasteiger partial charge in [-0.05, 0) is 36.4 Å². The lowest BCUT2D eigenvalue weighted by Gasteiger charge is -2.08. The van der Waals surface area contributed by atoms with Gasteiger partial charge < -0.3 is 24.6 Å². The Kier molecular flexibility index (Phi) is 7.63. The van der Waals surface area contributed by atoms with Crippen LogP contribution in [0.1, 0.15) is 22.1 Å². The lowest BCUT2D eigenvalue weighted by atomic mass is 10.2. The summed E-state index contributed by atoms with van der Waals surface area (Å²) in [6.07, 6.45) is 0. The predicted octanol–water partition coefficient (Wildman–Crippen LogP) is 2.15. The minimum Gasteiger partial charge on any atom is -0.485 e. The number of nitrogens with zero attached hydrogens (tertiary/aromatic N) is 2. The number of carbonyl (C=O) groups is 3. The van der Waals surface area contributed by atoms with Gasteiger partial charge in [-0.2, -0.15) is 4.98 Å². The van der Waals surface area contributed by atoms with Crippen molar-refractivity contribution in [3.8, 4) is 5.75 Å². The molecule has 33 heavy (non-hydrogen) atoms. The molecule has 2 aromatic carbocycles. The highest BCUT2D eigenvalue weighted by atomic mass is 19.2. The van der Waals surface area contributed by atoms with Crippen molar-refractivity contribution in [2.24, 2.45) is 0 Å². The van der Waals surface area contributed by atoms with Crippen LogP contribution in [0.15, 0.2) is 47.0 Å². The summed E-state index contributed by atoms with van der Waals surface area (Å²) in [7, 11) is 0. The molecule has 3 aromatic rings. The third-order valence-electron chi connectivity index (χ3n) is 4.01. The van der Waals surface area contributed by atoms with Gasteiger partial charge in [0.25, 0.3) is 5.91 Å². The fourth-order valence-corrected chi connectivity index (χ4v) is 2.46. The number of halogens is 2. The minimum atomic E-state index is -1.12. The Morgan fingerprint density at radius 1 is 1.03 bits per heavy atom. The molecular formula is C21H18F2N4O6. The Labute approximate surface area is 185 Å². The number of carbonyl (C=O) groups excluding carboxylic acids is 3. The van der Waals surface area contributed by atoms with E-state index in [1.165, 1.54) is 30.3 Å². The van der Waals surface area contributed by atoms with Crippen molar-refractivity contribution < 1.29 is 37.2 Å². The number of rotatable bonds is 9. The Morgan fingerprint density at radius 3 is 2.45 bits per heavy atom. The van der Waals surface area contributed by atoms with Crippen molar-refractivity contribution in [1.82, 2.24) is 15.5 Å². The molecule has 0 bridgehead atoms. The van der Waals surface area contributed by atoms with Crippen molar-refractivity contribution in [2.75, 3.05) is 18.5 Å². The van der Waals surface area contributed by atoms with Crippen LogP contribution in [0.25, 0.3) is 0 Å². The van der Waals surface area contributed by atoms with Gasteiger partial charge in [0, 0.05) is 18.7 Å². The number of aromatic nitrogens is 2. The van der Waals surface area contributed by atoms with Crippen molar-refractivity contribution in [3.05, 3.63) is 71.4 Å². The number of esters is 1. The molecule has 1 heterocycles. The number of anilines is 1. The number of ether oxygens (including phenoxy) is 2. The van der Waals surface area contributed by atoms with E-state index < -0.39 is 42.6 Å². The van der Waals surface area contributed by atoms with Crippen LogP contribution in [0.3, 0.4) is 0 Å². The van der Waals surface area contributed by atoms with Gasteiger partial charge in [-0.1, -0.05) is 5.16 Å². The van der Waals surface area contributed by atoms with E-state index >= 15 is 0 Å². The molecule has 2 N–H and O–H groups in total. The van der Waals surface area contributed by atoms with Crippen LogP contribution in [0.4, 0.5) is 14.5 Å². The first-order valence-corrected chi connectivity index (χ1v) is 9.51. The number of aryl methyl sites for hydroxylation is 1. The number of benzene rings is 2. The fourth-order valence-electron chi connectivity index (χ4n) is 2.46. The second-order valence-corrected chi connectivity index (χ2v) is 6.57. The minimum absolute atomic E-state index is 0.0272. The lowest BCUT2D eigenvalue weighted by molar-refractivity contribution is -0.126. The van der Waals surface area contributed by atoms with E-state index in [-0.39, 0.29) is 17.9 Å². The van der Waals surface area contributed by atoms with E-state index in [9.17, 15) is 23.2 Å². The maximum Gasteiger partial charge on any atom is 0.338 e. The van der Waals surface area contributed by atoms with Gasteiger partial charge in [-0.15, -0.1) is 0 Å². The van der Waals surface area contributed by atoms with E-state index in [2.05, 4.69) is 20.8 Å². The standard InChI is InChI=1S/C21H18F2N4O6/c1-12-25-18(27-33-12)10-31-15-5-2-13(3-6-15)21(30)32-11-20(29)24-9-19(28)26-14-4-7-16(22)17(23)8-14/h2-8H,9-11H2,1H3,(H,24,29)(H,26,28). The molecule has 0 spiro atoms. The third kappa shape index (κ3) is 7.09. The van der Waals surface area contributed by atoms with Gasteiger partial charge in [0.05, 0.1) is 12.1 Å². The number of hydrogen-bond donors (Lipinski definition) is 2. The van der Waals surface area contributed by atoms with Gasteiger partial charge in [0.1, 0.15) is 5.75 Å². The Hall–Kier alpha value is -4.35. The predicted molar refractivity (Wildman–Crippen MR) is 108 cm³/mol. The molecule has 0 aliphatic heterocycles. The Morgan fingerprint density at radius 2 is 1.79 bits per heavy atom. The first kappa shape index (κ1) is 23.3. The van der Waals surface area contributed by atoms with Crippen LogP contribution < -0.4 is 15.4 Å². The molecule has 0 fully saturated rings. The van der Waals surface area contributed by atoms with Crippen molar-refractivity contribution in [2.45, 2.75) is 13.5 Å². The quantitative estimate of drug-likeness (QED) is 0.464. The topological polar surface area (TPSA) is 133 Å². The van der Waals surface area contributed by atoms with Crippen molar-refractivity contribution in [3.63, 3.8) is 0 Å². The van der Waals surface area contributed by atoms with Gasteiger partial charge in [-0.25, -0.2) is 13.6 Å². The average molecular weight is 460 g/mol. The second kappa shape index (κ2) is 10.8. The Balaban J connectivity index is 1.38. The summed E-state index contributed by atoms with van der Waals surface area (Å²) in [5.74, 6) is -3.07. The van der Waals surface area contributed by atoms with E-state index in [0.29, 0.717) is 17.5 Å². The van der Waals surface area contributed by atoms with Crippen LogP contribution in [0.2, 0.25) is 0 Å². The van der Waals surface area contributed by atoms with Crippen LogP contribution in [-0.2, 0) is 20.9 Å². The van der Waals surface area contributed by atoms with Crippen molar-refractivity contribution in [1.29, 1.82) is 0 Å². The monoisotopic (exact) mass is 460 g/mol. The van der Waals surface area contributed by atoms with Crippen LogP contribution in [-0.4, -0.2) is 41.1 Å². The van der Waals surface area contributed by atoms with Gasteiger partial charge in [-0.3, -0.25) is 9.59 Å². The lowest BCUT2D eigenvalue weighted by Crippen LogP contribution is -2.35. The molecule has 0 aliphatic rings. The van der Waals surface area contributed by atoms with E-state index in [1.54, 1.807) is 6.92 Å². The summed E-state index contributed by atoms with van der Waals surface area (Å²) >= 11 is 0. The molecule has 0 aliphatic carbocycles. The summed E-state index contributed by atoms with van der Waals surface area (Å²) in [6.45, 7) is 0.668. The first-order valence-electron chi connectivity index (χ1n) is 9.51. The molecule has 0 atom stereocenters. The zero-order chi connectivity index (χ0) is 23.8. The van der Waals surface area contributed by atoms with Gasteiger partial charge in [0.2, 0.25) is 17.6 Å². The van der Waals surface area contributed by atoms with Crippen LogP contribution in [0, 0.1) is 18.6 Å². The SMILES string of the molecule is Cc1nc(COc2ccc(C(=O)OCC(=O)NCC(=O)Nc3ccc(F)c(F)c3)cc2)no1. The third-order valence-corrected chi connectivity index (χ3v) is 4.01. The Bertz CT molecular complexity index is 1150. The number of hydrogen-bond acceptors (Lipinski definition) is 8. The fraction of sp³-hybridized carbons (Fsp3) is 0.190. The molecule has 10 nitrogen and oxygen atoms in total. The molecule has 1 aromatic heterocycles. The molecule has 0 saturated carbocycles. The summed E-state index contributed by atoms with van der Waals surface area (Å²) < 4.78 is 41.2. The average Bonchev–Trinajstić information content (AvgIpc) is 3.22. The molecule has 0 saturated heterocycles. The highest BCUT2D eigenvalue weighted by molar-refractivity contribution is 5.95. The smallest absolute Gasteiger partial charge is 0.338 e. The second-order valence-electron chi connectivity index (χ2n) is 6.57. The molecule has 3 rings (SSSR count). The van der Waals surface area contributed by atoms with Gasteiger partial charge in [0.15, 0.2) is 24.8 Å². The maximum atomic E-state index is 13.1.